The second kappa shape index (κ2) is 6.74. The van der Waals surface area contributed by atoms with Gasteiger partial charge in [0.1, 0.15) is 11.9 Å². The third-order valence-corrected chi connectivity index (χ3v) is 4.44. The molecule has 1 atom stereocenters. The van der Waals surface area contributed by atoms with Gasteiger partial charge in [0.25, 0.3) is 5.91 Å². The SMILES string of the molecule is Nc1ccc(C(=O)N2CCO[C@H](c3ccc(Cl)c(Cl)c3)C2)cn1. The maximum atomic E-state index is 12.6. The summed E-state index contributed by atoms with van der Waals surface area (Å²) in [5, 5.41) is 0.964. The molecule has 0 aliphatic carbocycles. The molecule has 2 N–H and O–H groups in total. The van der Waals surface area contributed by atoms with E-state index in [-0.39, 0.29) is 12.0 Å². The number of rotatable bonds is 2. The lowest BCUT2D eigenvalue weighted by atomic mass is 10.1. The molecule has 0 spiro atoms. The minimum atomic E-state index is -0.232. The molecule has 0 unspecified atom stereocenters. The molecule has 1 amide bonds. The van der Waals surface area contributed by atoms with Gasteiger partial charge in [-0.25, -0.2) is 4.98 Å². The second-order valence-electron chi connectivity index (χ2n) is 5.26. The monoisotopic (exact) mass is 351 g/mol. The van der Waals surface area contributed by atoms with Crippen molar-refractivity contribution in [3.63, 3.8) is 0 Å². The van der Waals surface area contributed by atoms with E-state index >= 15 is 0 Å². The standard InChI is InChI=1S/C16H15Cl2N3O2/c17-12-3-1-10(7-13(12)18)14-9-21(5-6-23-14)16(22)11-2-4-15(19)20-8-11/h1-4,7-8,14H,5-6,9H2,(H2,19,20)/t14-/m0/s1. The number of hydrogen-bond acceptors (Lipinski definition) is 4. The normalized spacial score (nSPS) is 18.0. The van der Waals surface area contributed by atoms with Gasteiger partial charge in [-0.15, -0.1) is 0 Å². The number of anilines is 1. The van der Waals surface area contributed by atoms with Crippen molar-refractivity contribution in [3.05, 3.63) is 57.7 Å². The summed E-state index contributed by atoms with van der Waals surface area (Å²) in [7, 11) is 0. The highest BCUT2D eigenvalue weighted by Crippen LogP contribution is 2.29. The Bertz CT molecular complexity index is 722. The molecular weight excluding hydrogens is 337 g/mol. The molecule has 3 rings (SSSR count). The van der Waals surface area contributed by atoms with Crippen LogP contribution in [0.3, 0.4) is 0 Å². The van der Waals surface area contributed by atoms with Crippen LogP contribution in [0.2, 0.25) is 10.0 Å². The zero-order chi connectivity index (χ0) is 16.4. The lowest BCUT2D eigenvalue weighted by molar-refractivity contribution is -0.0228. The fourth-order valence-corrected chi connectivity index (χ4v) is 2.77. The number of halogens is 2. The molecule has 1 fully saturated rings. The smallest absolute Gasteiger partial charge is 0.255 e. The molecule has 2 aromatic rings. The number of carbonyl (C=O) groups excluding carboxylic acids is 1. The van der Waals surface area contributed by atoms with Crippen molar-refractivity contribution in [2.45, 2.75) is 6.10 Å². The third-order valence-electron chi connectivity index (χ3n) is 3.70. The van der Waals surface area contributed by atoms with Gasteiger partial charge in [-0.3, -0.25) is 4.79 Å². The van der Waals surface area contributed by atoms with E-state index in [1.54, 1.807) is 29.2 Å². The maximum absolute atomic E-state index is 12.6. The first kappa shape index (κ1) is 16.1. The highest BCUT2D eigenvalue weighted by Gasteiger charge is 2.26. The average molecular weight is 352 g/mol. The Balaban J connectivity index is 1.76. The number of pyridine rings is 1. The number of nitrogens with zero attached hydrogens (tertiary/aromatic N) is 2. The van der Waals surface area contributed by atoms with Crippen molar-refractivity contribution in [1.29, 1.82) is 0 Å². The van der Waals surface area contributed by atoms with Gasteiger partial charge in [-0.05, 0) is 29.8 Å². The number of aromatic nitrogens is 1. The molecule has 5 nitrogen and oxygen atoms in total. The molecule has 1 aliphatic heterocycles. The highest BCUT2D eigenvalue weighted by molar-refractivity contribution is 6.42. The summed E-state index contributed by atoms with van der Waals surface area (Å²) in [6.45, 7) is 1.43. The first-order chi connectivity index (χ1) is 11.0. The number of nitrogen functional groups attached to an aromatic ring is 1. The minimum Gasteiger partial charge on any atom is -0.384 e. The fourth-order valence-electron chi connectivity index (χ4n) is 2.46. The number of carbonyl (C=O) groups is 1. The van der Waals surface area contributed by atoms with E-state index in [4.69, 9.17) is 33.7 Å². The van der Waals surface area contributed by atoms with Crippen LogP contribution in [-0.4, -0.2) is 35.5 Å². The van der Waals surface area contributed by atoms with Gasteiger partial charge in [0.2, 0.25) is 0 Å². The summed E-state index contributed by atoms with van der Waals surface area (Å²) in [6, 6.07) is 8.65. The molecule has 0 saturated carbocycles. The van der Waals surface area contributed by atoms with Gasteiger partial charge in [0, 0.05) is 12.7 Å². The number of nitrogens with two attached hydrogens (primary N) is 1. The highest BCUT2D eigenvalue weighted by atomic mass is 35.5. The Hall–Kier alpha value is -1.82. The molecule has 23 heavy (non-hydrogen) atoms. The van der Waals surface area contributed by atoms with Crippen LogP contribution in [0.25, 0.3) is 0 Å². The molecule has 1 aromatic carbocycles. The minimum absolute atomic E-state index is 0.0918. The van der Waals surface area contributed by atoms with Crippen molar-refractivity contribution in [2.24, 2.45) is 0 Å². The Morgan fingerprint density at radius 3 is 2.78 bits per heavy atom. The van der Waals surface area contributed by atoms with Crippen LogP contribution in [0.15, 0.2) is 36.5 Å². The van der Waals surface area contributed by atoms with E-state index in [1.165, 1.54) is 6.20 Å². The molecule has 0 radical (unpaired) electrons. The molecule has 1 aromatic heterocycles. The van der Waals surface area contributed by atoms with Crippen molar-refractivity contribution >= 4 is 34.9 Å². The van der Waals surface area contributed by atoms with Gasteiger partial charge in [-0.1, -0.05) is 29.3 Å². The van der Waals surface area contributed by atoms with E-state index in [0.29, 0.717) is 41.1 Å². The number of ether oxygens (including phenoxy) is 1. The number of morpholine rings is 1. The van der Waals surface area contributed by atoms with E-state index in [0.717, 1.165) is 5.56 Å². The second-order valence-corrected chi connectivity index (χ2v) is 6.07. The summed E-state index contributed by atoms with van der Waals surface area (Å²) >= 11 is 12.0. The third kappa shape index (κ3) is 3.58. The molecule has 7 heteroatoms. The number of hydrogen-bond donors (Lipinski definition) is 1. The predicted octanol–water partition coefficient (Wildman–Crippen LogP) is 3.18. The first-order valence-corrected chi connectivity index (χ1v) is 7.87. The van der Waals surface area contributed by atoms with Crippen LogP contribution in [-0.2, 0) is 4.74 Å². The van der Waals surface area contributed by atoms with Crippen molar-refractivity contribution in [2.75, 3.05) is 25.4 Å². The zero-order valence-corrected chi connectivity index (χ0v) is 13.7. The summed E-state index contributed by atoms with van der Waals surface area (Å²) < 4.78 is 5.76. The molecule has 2 heterocycles. The Labute approximate surface area is 144 Å². The zero-order valence-electron chi connectivity index (χ0n) is 12.2. The Morgan fingerprint density at radius 2 is 2.09 bits per heavy atom. The summed E-state index contributed by atoms with van der Waals surface area (Å²) in [4.78, 5) is 18.3. The van der Waals surface area contributed by atoms with Gasteiger partial charge < -0.3 is 15.4 Å². The topological polar surface area (TPSA) is 68.5 Å². The van der Waals surface area contributed by atoms with E-state index in [2.05, 4.69) is 4.98 Å². The van der Waals surface area contributed by atoms with Crippen molar-refractivity contribution < 1.29 is 9.53 Å². The van der Waals surface area contributed by atoms with Gasteiger partial charge in [-0.2, -0.15) is 0 Å². The quantitative estimate of drug-likeness (QED) is 0.901. The van der Waals surface area contributed by atoms with Crippen molar-refractivity contribution in [1.82, 2.24) is 9.88 Å². The maximum Gasteiger partial charge on any atom is 0.255 e. The van der Waals surface area contributed by atoms with Gasteiger partial charge >= 0.3 is 0 Å². The first-order valence-electron chi connectivity index (χ1n) is 7.12. The number of amides is 1. The molecule has 120 valence electrons. The Kier molecular flexibility index (Phi) is 4.71. The summed E-state index contributed by atoms with van der Waals surface area (Å²) in [6.07, 6.45) is 1.26. The fraction of sp³-hybridized carbons (Fsp3) is 0.250. The molecule has 1 saturated heterocycles. The van der Waals surface area contributed by atoms with Crippen LogP contribution >= 0.6 is 23.2 Å². The molecular formula is C16H15Cl2N3O2. The van der Waals surface area contributed by atoms with E-state index in [1.807, 2.05) is 6.07 Å². The van der Waals surface area contributed by atoms with Crippen LogP contribution in [0.4, 0.5) is 5.82 Å². The number of benzene rings is 1. The van der Waals surface area contributed by atoms with Crippen LogP contribution in [0.5, 0.6) is 0 Å². The Morgan fingerprint density at radius 1 is 1.26 bits per heavy atom. The van der Waals surface area contributed by atoms with Gasteiger partial charge in [0.05, 0.1) is 28.8 Å². The lowest BCUT2D eigenvalue weighted by Crippen LogP contribution is -2.42. The molecule has 0 bridgehead atoms. The van der Waals surface area contributed by atoms with Crippen molar-refractivity contribution in [3.8, 4) is 0 Å². The molecule has 1 aliphatic rings. The average Bonchev–Trinajstić information content (AvgIpc) is 2.57. The van der Waals surface area contributed by atoms with Crippen LogP contribution < -0.4 is 5.73 Å². The predicted molar refractivity (Wildman–Crippen MR) is 89.7 cm³/mol. The largest absolute Gasteiger partial charge is 0.384 e. The van der Waals surface area contributed by atoms with E-state index < -0.39 is 0 Å². The lowest BCUT2D eigenvalue weighted by Gasteiger charge is -2.33. The van der Waals surface area contributed by atoms with Crippen LogP contribution in [0.1, 0.15) is 22.0 Å². The van der Waals surface area contributed by atoms with Gasteiger partial charge in [0.15, 0.2) is 0 Å². The summed E-state index contributed by atoms with van der Waals surface area (Å²) in [5.41, 5.74) is 6.95. The summed E-state index contributed by atoms with van der Waals surface area (Å²) in [5.74, 6) is 0.295. The van der Waals surface area contributed by atoms with Crippen LogP contribution in [0, 0.1) is 0 Å². The van der Waals surface area contributed by atoms with E-state index in [9.17, 15) is 4.79 Å².